The van der Waals surface area contributed by atoms with E-state index < -0.39 is 0 Å². The topological polar surface area (TPSA) is 25.8 Å². The van der Waals surface area contributed by atoms with E-state index >= 15 is 0 Å². The van der Waals surface area contributed by atoms with Gasteiger partial charge in [0.15, 0.2) is 5.82 Å². The largest absolute Gasteiger partial charge is 0.228 e. The predicted molar refractivity (Wildman–Crippen MR) is 258 cm³/mol. The number of aromatic nitrogens is 2. The minimum atomic E-state index is 0.698. The van der Waals surface area contributed by atoms with Crippen molar-refractivity contribution in [2.45, 2.75) is 0 Å². The molecular weight excluding hydrogens is 765 g/mol. The third kappa shape index (κ3) is 6.08. The molecule has 0 spiro atoms. The molecule has 12 rings (SSSR count). The lowest BCUT2D eigenvalue weighted by Crippen LogP contribution is -1.97. The van der Waals surface area contributed by atoms with Crippen molar-refractivity contribution in [3.05, 3.63) is 206 Å². The van der Waals surface area contributed by atoms with Gasteiger partial charge in [0.1, 0.15) is 0 Å². The zero-order valence-corrected chi connectivity index (χ0v) is 34.0. The van der Waals surface area contributed by atoms with Gasteiger partial charge in [0.2, 0.25) is 0 Å². The van der Waals surface area contributed by atoms with E-state index in [1.165, 1.54) is 67.8 Å². The van der Waals surface area contributed by atoms with Gasteiger partial charge in [0, 0.05) is 57.0 Å². The van der Waals surface area contributed by atoms with E-state index in [0.29, 0.717) is 5.82 Å². The third-order valence-electron chi connectivity index (χ3n) is 11.7. The number of benzene rings is 9. The highest BCUT2D eigenvalue weighted by molar-refractivity contribution is 7.26. The van der Waals surface area contributed by atoms with Gasteiger partial charge in [0.05, 0.1) is 11.4 Å². The third-order valence-corrected chi connectivity index (χ3v) is 14.0. The zero-order chi connectivity index (χ0) is 39.6. The molecule has 0 saturated carbocycles. The molecule has 0 saturated heterocycles. The normalized spacial score (nSPS) is 11.7. The van der Waals surface area contributed by atoms with Gasteiger partial charge in [0.25, 0.3) is 0 Å². The Kier molecular flexibility index (Phi) is 8.25. The van der Waals surface area contributed by atoms with Crippen molar-refractivity contribution in [1.29, 1.82) is 0 Å². The summed E-state index contributed by atoms with van der Waals surface area (Å²) in [6.45, 7) is 0. The molecule has 0 N–H and O–H groups in total. The van der Waals surface area contributed by atoms with Crippen LogP contribution in [-0.2, 0) is 0 Å². The SMILES string of the molecule is c1ccc(-c2nc(-c3cccc(-c4ccc5sc6ccccc6c5c4)c3)cc(-c3cc(-c4ccc5ccccc5c4)cc(-c4cccc5c4sc4ccccc45)c3)n2)cc1. The summed E-state index contributed by atoms with van der Waals surface area (Å²) in [4.78, 5) is 10.6. The van der Waals surface area contributed by atoms with Gasteiger partial charge in [-0.3, -0.25) is 0 Å². The van der Waals surface area contributed by atoms with Crippen molar-refractivity contribution >= 4 is 73.8 Å². The summed E-state index contributed by atoms with van der Waals surface area (Å²) in [7, 11) is 0. The first-order valence-corrected chi connectivity index (χ1v) is 21.8. The van der Waals surface area contributed by atoms with Gasteiger partial charge in [-0.2, -0.15) is 0 Å². The van der Waals surface area contributed by atoms with Gasteiger partial charge >= 0.3 is 0 Å². The summed E-state index contributed by atoms with van der Waals surface area (Å²) in [5.74, 6) is 0.698. The van der Waals surface area contributed by atoms with Crippen molar-refractivity contribution in [2.75, 3.05) is 0 Å². The molecule has 0 fully saturated rings. The maximum absolute atomic E-state index is 5.35. The smallest absolute Gasteiger partial charge is 0.160 e. The first-order valence-electron chi connectivity index (χ1n) is 20.2. The van der Waals surface area contributed by atoms with Crippen LogP contribution in [0.1, 0.15) is 0 Å². The Morgan fingerprint density at radius 1 is 0.283 bits per heavy atom. The fraction of sp³-hybridized carbons (Fsp3) is 0. The van der Waals surface area contributed by atoms with Crippen molar-refractivity contribution in [3.8, 4) is 67.3 Å². The second kappa shape index (κ2) is 14.2. The highest BCUT2D eigenvalue weighted by Gasteiger charge is 2.17. The Labute approximate surface area is 355 Å². The molecule has 0 unspecified atom stereocenters. The molecule has 12 aromatic rings. The molecular formula is C56H34N2S2. The van der Waals surface area contributed by atoms with Gasteiger partial charge < -0.3 is 0 Å². The summed E-state index contributed by atoms with van der Waals surface area (Å²) >= 11 is 3.71. The second-order valence-electron chi connectivity index (χ2n) is 15.4. The van der Waals surface area contributed by atoms with Crippen LogP contribution >= 0.6 is 22.7 Å². The van der Waals surface area contributed by atoms with Crippen LogP contribution in [0.25, 0.3) is 118 Å². The molecule has 3 heterocycles. The van der Waals surface area contributed by atoms with Crippen molar-refractivity contribution < 1.29 is 0 Å². The second-order valence-corrected chi connectivity index (χ2v) is 17.5. The highest BCUT2D eigenvalue weighted by atomic mass is 32.1. The molecule has 0 bridgehead atoms. The fourth-order valence-electron chi connectivity index (χ4n) is 8.66. The zero-order valence-electron chi connectivity index (χ0n) is 32.3. The quantitative estimate of drug-likeness (QED) is 0.167. The average molecular weight is 799 g/mol. The maximum atomic E-state index is 5.35. The monoisotopic (exact) mass is 798 g/mol. The van der Waals surface area contributed by atoms with Crippen LogP contribution in [0.4, 0.5) is 0 Å². The number of hydrogen-bond donors (Lipinski definition) is 0. The van der Waals surface area contributed by atoms with E-state index in [4.69, 9.17) is 9.97 Å². The Balaban J connectivity index is 1.05. The predicted octanol–water partition coefficient (Wildman–Crippen LogP) is 16.4. The van der Waals surface area contributed by atoms with Crippen molar-refractivity contribution in [1.82, 2.24) is 9.97 Å². The van der Waals surface area contributed by atoms with Crippen LogP contribution in [-0.4, -0.2) is 9.97 Å². The van der Waals surface area contributed by atoms with E-state index in [2.05, 4.69) is 200 Å². The van der Waals surface area contributed by atoms with E-state index in [9.17, 15) is 0 Å². The lowest BCUT2D eigenvalue weighted by molar-refractivity contribution is 1.18. The fourth-order valence-corrected chi connectivity index (χ4v) is 11.0. The standard InChI is InChI=1S/C56H34N2S2/c1-2-13-36(14-3-1)56-57-50(41-17-10-16-38(29-41)40-26-27-54-49(33-40)47-19-7-8-22-52(47)59-54)34-51(58-56)44-31-42(39-25-24-35-12-4-5-15-37(35)28-39)30-43(32-44)45-20-11-21-48-46-18-6-9-23-53(46)60-55(45)48/h1-34H. The molecule has 2 nitrogen and oxygen atoms in total. The Bertz CT molecular complexity index is 3620. The summed E-state index contributed by atoms with van der Waals surface area (Å²) in [6, 6.07) is 74.6. The van der Waals surface area contributed by atoms with Gasteiger partial charge in [-0.25, -0.2) is 9.97 Å². The highest BCUT2D eigenvalue weighted by Crippen LogP contribution is 2.43. The Morgan fingerprint density at radius 2 is 0.850 bits per heavy atom. The molecule has 60 heavy (non-hydrogen) atoms. The number of fused-ring (bicyclic) bond motifs is 7. The first kappa shape index (κ1) is 34.8. The van der Waals surface area contributed by atoms with E-state index in [0.717, 1.165) is 44.8 Å². The Hall–Kier alpha value is -7.24. The summed E-state index contributed by atoms with van der Waals surface area (Å²) in [5.41, 5.74) is 11.9. The lowest BCUT2D eigenvalue weighted by Gasteiger charge is -2.14. The molecule has 280 valence electrons. The molecule has 0 aliphatic heterocycles. The molecule has 3 aromatic heterocycles. The van der Waals surface area contributed by atoms with Crippen molar-refractivity contribution in [3.63, 3.8) is 0 Å². The van der Waals surface area contributed by atoms with Crippen LogP contribution in [0.5, 0.6) is 0 Å². The van der Waals surface area contributed by atoms with Gasteiger partial charge in [-0.15, -0.1) is 22.7 Å². The van der Waals surface area contributed by atoms with Gasteiger partial charge in [-0.1, -0.05) is 146 Å². The first-order chi connectivity index (χ1) is 29.7. The van der Waals surface area contributed by atoms with E-state index in [1.807, 2.05) is 28.7 Å². The van der Waals surface area contributed by atoms with E-state index in [1.54, 1.807) is 0 Å². The number of thiophene rings is 2. The molecule has 0 aliphatic carbocycles. The van der Waals surface area contributed by atoms with Gasteiger partial charge in [-0.05, 0) is 105 Å². The van der Waals surface area contributed by atoms with E-state index in [-0.39, 0.29) is 0 Å². The number of hydrogen-bond acceptors (Lipinski definition) is 4. The van der Waals surface area contributed by atoms with Crippen LogP contribution in [0, 0.1) is 0 Å². The van der Waals surface area contributed by atoms with Crippen LogP contribution in [0.2, 0.25) is 0 Å². The van der Waals surface area contributed by atoms with Crippen molar-refractivity contribution in [2.24, 2.45) is 0 Å². The molecule has 0 aliphatic rings. The molecule has 9 aromatic carbocycles. The van der Waals surface area contributed by atoms with Crippen LogP contribution in [0.3, 0.4) is 0 Å². The lowest BCUT2D eigenvalue weighted by atomic mass is 9.93. The summed E-state index contributed by atoms with van der Waals surface area (Å²) < 4.78 is 5.20. The average Bonchev–Trinajstić information content (AvgIpc) is 3.90. The summed E-state index contributed by atoms with van der Waals surface area (Å²) in [6.07, 6.45) is 0. The molecule has 0 atom stereocenters. The summed E-state index contributed by atoms with van der Waals surface area (Å²) in [5, 5.41) is 7.62. The minimum absolute atomic E-state index is 0.698. The molecule has 0 amide bonds. The maximum Gasteiger partial charge on any atom is 0.160 e. The van der Waals surface area contributed by atoms with Crippen LogP contribution < -0.4 is 0 Å². The minimum Gasteiger partial charge on any atom is -0.228 e. The number of nitrogens with zero attached hydrogens (tertiary/aromatic N) is 2. The molecule has 0 radical (unpaired) electrons. The Morgan fingerprint density at radius 3 is 1.72 bits per heavy atom. The molecule has 4 heteroatoms. The number of rotatable bonds is 6. The van der Waals surface area contributed by atoms with Crippen LogP contribution in [0.15, 0.2) is 206 Å².